The second-order valence-electron chi connectivity index (χ2n) is 10.9. The third-order valence-corrected chi connectivity index (χ3v) is 8.12. The van der Waals surface area contributed by atoms with Crippen LogP contribution in [0, 0.1) is 29.1 Å². The van der Waals surface area contributed by atoms with Gasteiger partial charge < -0.3 is 20.3 Å². The molecule has 0 radical (unpaired) electrons. The van der Waals surface area contributed by atoms with Gasteiger partial charge in [-0.15, -0.1) is 0 Å². The molecule has 0 spiro atoms. The standard InChI is InChI=1S/C24H39N3O4/c1-4-31-23(30)27-7-5-19(6-8-27)25-21(28)20(15(2)3)26-22(29)24-12-16-9-17(13-24)11-18(10-16)14-24/h15-20H,4-14H2,1-3H3,(H,25,28)(H,26,29)/t16?,17?,18?,20-,24?/m1/s1. The Morgan fingerprint density at radius 1 is 1.00 bits per heavy atom. The molecule has 5 fully saturated rings. The van der Waals surface area contributed by atoms with E-state index in [9.17, 15) is 14.4 Å². The van der Waals surface area contributed by atoms with E-state index >= 15 is 0 Å². The Labute approximate surface area is 186 Å². The van der Waals surface area contributed by atoms with Crippen molar-refractivity contribution in [2.75, 3.05) is 19.7 Å². The van der Waals surface area contributed by atoms with Gasteiger partial charge in [-0.1, -0.05) is 13.8 Å². The number of piperidine rings is 1. The Balaban J connectivity index is 1.32. The minimum atomic E-state index is -0.511. The number of ether oxygens (including phenoxy) is 1. The molecule has 0 aromatic carbocycles. The second kappa shape index (κ2) is 8.99. The molecule has 1 heterocycles. The van der Waals surface area contributed by atoms with Crippen molar-refractivity contribution in [3.8, 4) is 0 Å². The molecular formula is C24H39N3O4. The van der Waals surface area contributed by atoms with Gasteiger partial charge in [-0.3, -0.25) is 9.59 Å². The number of nitrogens with zero attached hydrogens (tertiary/aromatic N) is 1. The van der Waals surface area contributed by atoms with Crippen LogP contribution in [0.5, 0.6) is 0 Å². The monoisotopic (exact) mass is 433 g/mol. The zero-order valence-corrected chi connectivity index (χ0v) is 19.3. The summed E-state index contributed by atoms with van der Waals surface area (Å²) in [6.45, 7) is 7.32. The molecule has 4 bridgehead atoms. The summed E-state index contributed by atoms with van der Waals surface area (Å²) in [5.41, 5.74) is -0.243. The van der Waals surface area contributed by atoms with Gasteiger partial charge in [-0.25, -0.2) is 4.79 Å². The van der Waals surface area contributed by atoms with Crippen LogP contribution in [-0.4, -0.2) is 54.6 Å². The van der Waals surface area contributed by atoms with Gasteiger partial charge in [-0.2, -0.15) is 0 Å². The Kier molecular flexibility index (Phi) is 6.50. The number of amides is 3. The molecule has 7 heteroatoms. The van der Waals surface area contributed by atoms with Crippen LogP contribution in [0.3, 0.4) is 0 Å². The number of hydrogen-bond donors (Lipinski definition) is 2. The van der Waals surface area contributed by atoms with Gasteiger partial charge in [0.15, 0.2) is 0 Å². The summed E-state index contributed by atoms with van der Waals surface area (Å²) in [5, 5.41) is 6.31. The van der Waals surface area contributed by atoms with E-state index < -0.39 is 6.04 Å². The van der Waals surface area contributed by atoms with Crippen molar-refractivity contribution in [3.63, 3.8) is 0 Å². The molecule has 0 aromatic rings. The SMILES string of the molecule is CCOC(=O)N1CCC(NC(=O)[C@H](NC(=O)C23CC4CC(CC(C4)C2)C3)C(C)C)CC1. The minimum Gasteiger partial charge on any atom is -0.450 e. The Morgan fingerprint density at radius 3 is 2.03 bits per heavy atom. The lowest BCUT2D eigenvalue weighted by Crippen LogP contribution is -2.59. The summed E-state index contributed by atoms with van der Waals surface area (Å²) >= 11 is 0. The average molecular weight is 434 g/mol. The Morgan fingerprint density at radius 2 is 1.55 bits per heavy atom. The van der Waals surface area contributed by atoms with Gasteiger partial charge in [-0.05, 0) is 82.0 Å². The summed E-state index contributed by atoms with van der Waals surface area (Å²) in [6.07, 6.45) is 8.03. The van der Waals surface area contributed by atoms with Crippen LogP contribution in [0.2, 0.25) is 0 Å². The number of rotatable bonds is 6. The van der Waals surface area contributed by atoms with E-state index in [2.05, 4.69) is 10.6 Å². The first kappa shape index (κ1) is 22.4. The Bertz CT molecular complexity index is 664. The first-order chi connectivity index (χ1) is 14.8. The van der Waals surface area contributed by atoms with Crippen molar-refractivity contribution in [3.05, 3.63) is 0 Å². The highest BCUT2D eigenvalue weighted by atomic mass is 16.6. The van der Waals surface area contributed by atoms with Gasteiger partial charge in [0.05, 0.1) is 6.61 Å². The third kappa shape index (κ3) is 4.70. The first-order valence-corrected chi connectivity index (χ1v) is 12.3. The maximum atomic E-state index is 13.4. The van der Waals surface area contributed by atoms with E-state index in [-0.39, 0.29) is 35.3 Å². The molecule has 3 amide bonds. The molecule has 1 atom stereocenters. The van der Waals surface area contributed by atoms with E-state index in [1.54, 1.807) is 11.8 Å². The van der Waals surface area contributed by atoms with E-state index in [1.165, 1.54) is 19.3 Å². The molecule has 2 N–H and O–H groups in total. The second-order valence-corrected chi connectivity index (χ2v) is 10.9. The molecule has 5 aliphatic rings. The molecule has 31 heavy (non-hydrogen) atoms. The van der Waals surface area contributed by atoms with Gasteiger partial charge in [0, 0.05) is 24.5 Å². The van der Waals surface area contributed by atoms with E-state index in [0.717, 1.165) is 19.3 Å². The number of likely N-dealkylation sites (tertiary alicyclic amines) is 1. The van der Waals surface area contributed by atoms with Crippen LogP contribution in [0.4, 0.5) is 4.79 Å². The molecule has 4 aliphatic carbocycles. The van der Waals surface area contributed by atoms with Crippen LogP contribution >= 0.6 is 0 Å². The summed E-state index contributed by atoms with van der Waals surface area (Å²) in [4.78, 5) is 40.1. The maximum Gasteiger partial charge on any atom is 0.409 e. The summed E-state index contributed by atoms with van der Waals surface area (Å²) < 4.78 is 5.06. The molecular weight excluding hydrogens is 394 g/mol. The summed E-state index contributed by atoms with van der Waals surface area (Å²) in [7, 11) is 0. The van der Waals surface area contributed by atoms with Crippen molar-refractivity contribution in [2.45, 2.75) is 84.2 Å². The zero-order chi connectivity index (χ0) is 22.2. The van der Waals surface area contributed by atoms with Gasteiger partial charge in [0.2, 0.25) is 11.8 Å². The number of hydrogen-bond acceptors (Lipinski definition) is 4. The van der Waals surface area contributed by atoms with Crippen molar-refractivity contribution >= 4 is 17.9 Å². The van der Waals surface area contributed by atoms with E-state index in [1.807, 2.05) is 13.8 Å². The predicted molar refractivity (Wildman–Crippen MR) is 117 cm³/mol. The normalized spacial score (nSPS) is 33.3. The highest BCUT2D eigenvalue weighted by molar-refractivity contribution is 5.90. The third-order valence-electron chi connectivity index (χ3n) is 8.12. The molecule has 1 saturated heterocycles. The van der Waals surface area contributed by atoms with Gasteiger partial charge >= 0.3 is 6.09 Å². The molecule has 0 unspecified atom stereocenters. The van der Waals surface area contributed by atoms with Crippen LogP contribution < -0.4 is 10.6 Å². The fraction of sp³-hybridized carbons (Fsp3) is 0.875. The number of nitrogens with one attached hydrogen (secondary N) is 2. The topological polar surface area (TPSA) is 87.7 Å². The first-order valence-electron chi connectivity index (χ1n) is 12.3. The van der Waals surface area contributed by atoms with Crippen molar-refractivity contribution in [1.82, 2.24) is 15.5 Å². The minimum absolute atomic E-state index is 0.0240. The smallest absolute Gasteiger partial charge is 0.409 e. The highest BCUT2D eigenvalue weighted by Gasteiger charge is 2.55. The lowest BCUT2D eigenvalue weighted by atomic mass is 9.49. The fourth-order valence-electron chi connectivity index (χ4n) is 6.93. The summed E-state index contributed by atoms with van der Waals surface area (Å²) in [6, 6.07) is -0.487. The van der Waals surface area contributed by atoms with Crippen molar-refractivity contribution in [1.29, 1.82) is 0 Å². The molecule has 0 aromatic heterocycles. The largest absolute Gasteiger partial charge is 0.450 e. The Hall–Kier alpha value is -1.79. The zero-order valence-electron chi connectivity index (χ0n) is 19.3. The number of carbonyl (C=O) groups is 3. The average Bonchev–Trinajstić information content (AvgIpc) is 2.71. The molecule has 5 rings (SSSR count). The van der Waals surface area contributed by atoms with E-state index in [4.69, 9.17) is 4.74 Å². The van der Waals surface area contributed by atoms with Crippen LogP contribution in [0.25, 0.3) is 0 Å². The van der Waals surface area contributed by atoms with Gasteiger partial charge in [0.25, 0.3) is 0 Å². The molecule has 7 nitrogen and oxygen atoms in total. The molecule has 174 valence electrons. The van der Waals surface area contributed by atoms with Gasteiger partial charge in [0.1, 0.15) is 6.04 Å². The molecule has 4 saturated carbocycles. The predicted octanol–water partition coefficient (Wildman–Crippen LogP) is 3.08. The van der Waals surface area contributed by atoms with E-state index in [0.29, 0.717) is 50.3 Å². The quantitative estimate of drug-likeness (QED) is 0.674. The van der Waals surface area contributed by atoms with Crippen molar-refractivity contribution in [2.24, 2.45) is 29.1 Å². The lowest BCUT2D eigenvalue weighted by Gasteiger charge is -2.55. The molecule has 1 aliphatic heterocycles. The van der Waals surface area contributed by atoms with Crippen LogP contribution in [-0.2, 0) is 14.3 Å². The van der Waals surface area contributed by atoms with Crippen molar-refractivity contribution < 1.29 is 19.1 Å². The van der Waals surface area contributed by atoms with Crippen LogP contribution in [0.15, 0.2) is 0 Å². The maximum absolute atomic E-state index is 13.4. The highest BCUT2D eigenvalue weighted by Crippen LogP contribution is 2.60. The lowest BCUT2D eigenvalue weighted by molar-refractivity contribution is -0.149. The summed E-state index contributed by atoms with van der Waals surface area (Å²) in [5.74, 6) is 2.14. The number of carbonyl (C=O) groups excluding carboxylic acids is 3. The fourth-order valence-corrected chi connectivity index (χ4v) is 6.93. The van der Waals surface area contributed by atoms with Crippen LogP contribution in [0.1, 0.15) is 72.1 Å².